The van der Waals surface area contributed by atoms with Crippen molar-refractivity contribution in [2.75, 3.05) is 0 Å². The number of aromatic nitrogens is 2. The minimum absolute atomic E-state index is 0.246. The molecule has 3 nitrogen and oxygen atoms in total. The molecular weight excluding hydrogens is 282 g/mol. The zero-order valence-electron chi connectivity index (χ0n) is 11.8. The largest absolute Gasteiger partial charge is 0.294 e. The van der Waals surface area contributed by atoms with Gasteiger partial charge in [-0.15, -0.1) is 11.6 Å². The average molecular weight is 296 g/mol. The molecule has 1 atom stereocenters. The first kappa shape index (κ1) is 13.7. The fourth-order valence-electron chi connectivity index (χ4n) is 2.55. The maximum Gasteiger partial charge on any atom is 0.132 e. The normalized spacial score (nSPS) is 12.3. The van der Waals surface area contributed by atoms with Crippen LogP contribution in [0.2, 0.25) is 0 Å². The Kier molecular flexibility index (Phi) is 3.40. The van der Waals surface area contributed by atoms with Crippen LogP contribution in [-0.2, 0) is 0 Å². The molecule has 0 aliphatic carbocycles. The highest BCUT2D eigenvalue weighted by Gasteiger charge is 2.18. The third-order valence-electron chi connectivity index (χ3n) is 3.55. The molecule has 1 heterocycles. The van der Waals surface area contributed by atoms with Crippen LogP contribution in [0.15, 0.2) is 42.5 Å². The van der Waals surface area contributed by atoms with E-state index in [4.69, 9.17) is 11.6 Å². The Morgan fingerprint density at radius 1 is 1.19 bits per heavy atom. The first-order valence-corrected chi connectivity index (χ1v) is 7.18. The molecule has 0 saturated carbocycles. The van der Waals surface area contributed by atoms with Crippen molar-refractivity contribution in [2.24, 2.45) is 0 Å². The molecule has 0 saturated heterocycles. The number of aryl methyl sites for hydroxylation is 1. The van der Waals surface area contributed by atoms with Gasteiger partial charge in [0.1, 0.15) is 11.9 Å². The molecule has 1 unspecified atom stereocenters. The Morgan fingerprint density at radius 3 is 2.67 bits per heavy atom. The van der Waals surface area contributed by atoms with Crippen molar-refractivity contribution in [2.45, 2.75) is 19.2 Å². The molecule has 21 heavy (non-hydrogen) atoms. The van der Waals surface area contributed by atoms with Gasteiger partial charge in [-0.2, -0.15) is 5.26 Å². The molecule has 1 aromatic heterocycles. The van der Waals surface area contributed by atoms with Crippen molar-refractivity contribution in [3.05, 3.63) is 59.4 Å². The molecule has 0 amide bonds. The molecule has 0 aliphatic heterocycles. The predicted octanol–water partition coefficient (Wildman–Crippen LogP) is 4.51. The van der Waals surface area contributed by atoms with E-state index in [0.29, 0.717) is 5.56 Å². The summed E-state index contributed by atoms with van der Waals surface area (Å²) in [6, 6.07) is 16.0. The molecule has 3 aromatic rings. The van der Waals surface area contributed by atoms with Crippen LogP contribution >= 0.6 is 11.6 Å². The van der Waals surface area contributed by atoms with Gasteiger partial charge in [-0.05, 0) is 37.6 Å². The summed E-state index contributed by atoms with van der Waals surface area (Å²) >= 11 is 6.30. The lowest BCUT2D eigenvalue weighted by molar-refractivity contribution is 0.880. The van der Waals surface area contributed by atoms with Crippen LogP contribution in [-0.4, -0.2) is 9.55 Å². The number of rotatable bonds is 2. The van der Waals surface area contributed by atoms with Crippen molar-refractivity contribution >= 4 is 22.6 Å². The number of para-hydroxylation sites is 2. The van der Waals surface area contributed by atoms with Gasteiger partial charge >= 0.3 is 0 Å². The van der Waals surface area contributed by atoms with Gasteiger partial charge < -0.3 is 0 Å². The molecule has 3 rings (SSSR count). The lowest BCUT2D eigenvalue weighted by atomic mass is 10.1. The van der Waals surface area contributed by atoms with E-state index in [1.807, 2.05) is 60.9 Å². The first-order valence-electron chi connectivity index (χ1n) is 6.75. The third kappa shape index (κ3) is 2.18. The molecule has 104 valence electrons. The van der Waals surface area contributed by atoms with Crippen LogP contribution in [0.5, 0.6) is 0 Å². The highest BCUT2D eigenvalue weighted by atomic mass is 35.5. The van der Waals surface area contributed by atoms with Crippen LogP contribution in [0.1, 0.15) is 29.3 Å². The van der Waals surface area contributed by atoms with Crippen molar-refractivity contribution in [1.82, 2.24) is 9.55 Å². The highest BCUT2D eigenvalue weighted by molar-refractivity contribution is 6.20. The van der Waals surface area contributed by atoms with E-state index in [-0.39, 0.29) is 5.38 Å². The quantitative estimate of drug-likeness (QED) is 0.653. The second-order valence-electron chi connectivity index (χ2n) is 4.99. The number of benzene rings is 2. The average Bonchev–Trinajstić information content (AvgIpc) is 2.86. The molecular formula is C17H14ClN3. The third-order valence-corrected chi connectivity index (χ3v) is 3.74. The molecule has 0 N–H and O–H groups in total. The monoisotopic (exact) mass is 295 g/mol. The summed E-state index contributed by atoms with van der Waals surface area (Å²) in [6.45, 7) is 3.83. The Morgan fingerprint density at radius 2 is 1.95 bits per heavy atom. The smallest absolute Gasteiger partial charge is 0.132 e. The van der Waals surface area contributed by atoms with E-state index in [9.17, 15) is 5.26 Å². The van der Waals surface area contributed by atoms with E-state index in [1.165, 1.54) is 0 Å². The molecule has 0 spiro atoms. The van der Waals surface area contributed by atoms with Gasteiger partial charge in [-0.1, -0.05) is 24.3 Å². The van der Waals surface area contributed by atoms with Crippen LogP contribution < -0.4 is 0 Å². The van der Waals surface area contributed by atoms with Gasteiger partial charge in [-0.25, -0.2) is 4.98 Å². The fraction of sp³-hybridized carbons (Fsp3) is 0.176. The minimum Gasteiger partial charge on any atom is -0.294 e. The summed E-state index contributed by atoms with van der Waals surface area (Å²) in [5, 5.41) is 9.24. The van der Waals surface area contributed by atoms with Crippen LogP contribution in [0, 0.1) is 18.3 Å². The van der Waals surface area contributed by atoms with Crippen LogP contribution in [0.4, 0.5) is 0 Å². The summed E-state index contributed by atoms with van der Waals surface area (Å²) < 4.78 is 1.98. The Bertz CT molecular complexity index is 856. The van der Waals surface area contributed by atoms with Gasteiger partial charge in [-0.3, -0.25) is 4.57 Å². The molecule has 2 aromatic carbocycles. The van der Waals surface area contributed by atoms with E-state index in [0.717, 1.165) is 28.1 Å². The first-order chi connectivity index (χ1) is 10.1. The molecule has 4 heteroatoms. The summed E-state index contributed by atoms with van der Waals surface area (Å²) in [5.41, 5.74) is 4.27. The predicted molar refractivity (Wildman–Crippen MR) is 84.8 cm³/mol. The summed E-state index contributed by atoms with van der Waals surface area (Å²) in [7, 11) is 0. The number of imidazole rings is 1. The zero-order valence-corrected chi connectivity index (χ0v) is 12.6. The summed E-state index contributed by atoms with van der Waals surface area (Å²) in [5.74, 6) is 0.750. The topological polar surface area (TPSA) is 41.6 Å². The number of alkyl halides is 1. The number of nitrogens with zero attached hydrogens (tertiary/aromatic N) is 3. The highest BCUT2D eigenvalue weighted by Crippen LogP contribution is 2.30. The van der Waals surface area contributed by atoms with Gasteiger partial charge in [0, 0.05) is 0 Å². The number of nitriles is 1. The lowest BCUT2D eigenvalue weighted by Crippen LogP contribution is -2.05. The molecule has 0 bridgehead atoms. The Hall–Kier alpha value is -2.31. The van der Waals surface area contributed by atoms with Crippen molar-refractivity contribution in [3.8, 4) is 11.8 Å². The van der Waals surface area contributed by atoms with E-state index in [1.54, 1.807) is 0 Å². The fourth-order valence-corrected chi connectivity index (χ4v) is 2.70. The van der Waals surface area contributed by atoms with Gasteiger partial charge in [0.15, 0.2) is 0 Å². The second-order valence-corrected chi connectivity index (χ2v) is 5.65. The summed E-state index contributed by atoms with van der Waals surface area (Å²) in [6.07, 6.45) is 0. The van der Waals surface area contributed by atoms with Crippen LogP contribution in [0.25, 0.3) is 16.7 Å². The van der Waals surface area contributed by atoms with E-state index in [2.05, 4.69) is 11.1 Å². The van der Waals surface area contributed by atoms with Gasteiger partial charge in [0.2, 0.25) is 0 Å². The number of halogens is 1. The van der Waals surface area contributed by atoms with Crippen molar-refractivity contribution < 1.29 is 0 Å². The van der Waals surface area contributed by atoms with Crippen LogP contribution in [0.3, 0.4) is 0 Å². The maximum absolute atomic E-state index is 9.48. The number of hydrogen-bond donors (Lipinski definition) is 0. The number of hydrogen-bond acceptors (Lipinski definition) is 2. The SMILES string of the molecule is Cc1cccc(-n2c(C(C)Cl)nc3ccccc32)c1C#N. The second kappa shape index (κ2) is 5.23. The maximum atomic E-state index is 9.48. The Labute approximate surface area is 128 Å². The van der Waals surface area contributed by atoms with Crippen molar-refractivity contribution in [1.29, 1.82) is 5.26 Å². The molecule has 0 radical (unpaired) electrons. The summed E-state index contributed by atoms with van der Waals surface area (Å²) in [4.78, 5) is 4.62. The lowest BCUT2D eigenvalue weighted by Gasteiger charge is -2.13. The van der Waals surface area contributed by atoms with Crippen molar-refractivity contribution in [3.63, 3.8) is 0 Å². The van der Waals surface area contributed by atoms with Gasteiger partial charge in [0.05, 0.1) is 27.7 Å². The van der Waals surface area contributed by atoms with E-state index < -0.39 is 0 Å². The minimum atomic E-state index is -0.246. The standard InChI is InChI=1S/C17H14ClN3/c1-11-6-5-9-15(13(11)10-19)21-16-8-4-3-7-14(16)20-17(21)12(2)18/h3-9,12H,1-2H3. The van der Waals surface area contributed by atoms with Gasteiger partial charge in [0.25, 0.3) is 0 Å². The number of fused-ring (bicyclic) bond motifs is 1. The molecule has 0 fully saturated rings. The van der Waals surface area contributed by atoms with E-state index >= 15 is 0 Å². The molecule has 0 aliphatic rings. The zero-order chi connectivity index (χ0) is 15.0. The Balaban J connectivity index is 2.42.